The molecule has 3 heteroatoms. The molecule has 1 aliphatic rings. The number of aliphatic hydroxyl groups is 1. The number of rotatable bonds is 3. The van der Waals surface area contributed by atoms with Crippen molar-refractivity contribution in [3.05, 3.63) is 0 Å². The van der Waals surface area contributed by atoms with Gasteiger partial charge in [0.2, 0.25) is 0 Å². The van der Waals surface area contributed by atoms with E-state index in [0.29, 0.717) is 18.0 Å². The Kier molecular flexibility index (Phi) is 4.85. The number of hydrogen-bond donors (Lipinski definition) is 2. The monoisotopic (exact) mass is 200 g/mol. The maximum atomic E-state index is 9.34. The molecule has 0 aromatic rings. The van der Waals surface area contributed by atoms with Gasteiger partial charge < -0.3 is 10.4 Å². The molecule has 0 bridgehead atoms. The van der Waals surface area contributed by atoms with Crippen LogP contribution in [0.4, 0.5) is 0 Å². The quantitative estimate of drug-likeness (QED) is 0.703. The summed E-state index contributed by atoms with van der Waals surface area (Å²) in [5.74, 6) is 0.671. The molecule has 2 N–H and O–H groups in total. The molecule has 0 spiro atoms. The molecule has 0 aliphatic carbocycles. The van der Waals surface area contributed by atoms with Gasteiger partial charge in [0.05, 0.1) is 6.61 Å². The zero-order chi connectivity index (χ0) is 10.6. The van der Waals surface area contributed by atoms with Gasteiger partial charge in [0, 0.05) is 25.2 Å². The lowest BCUT2D eigenvalue weighted by Gasteiger charge is -2.34. The van der Waals surface area contributed by atoms with E-state index in [0.717, 1.165) is 19.6 Å². The zero-order valence-electron chi connectivity index (χ0n) is 9.66. The first-order valence-electron chi connectivity index (χ1n) is 5.72. The van der Waals surface area contributed by atoms with Crippen LogP contribution in [0.5, 0.6) is 0 Å². The van der Waals surface area contributed by atoms with E-state index in [1.165, 1.54) is 6.42 Å². The largest absolute Gasteiger partial charge is 0.395 e. The molecule has 2 unspecified atom stereocenters. The van der Waals surface area contributed by atoms with Crippen molar-refractivity contribution in [3.8, 4) is 0 Å². The lowest BCUT2D eigenvalue weighted by atomic mass is 10.1. The average Bonchev–Trinajstić information content (AvgIpc) is 2.29. The summed E-state index contributed by atoms with van der Waals surface area (Å²) < 4.78 is 0. The molecule has 1 rings (SSSR count). The van der Waals surface area contributed by atoms with Gasteiger partial charge in [-0.2, -0.15) is 0 Å². The average molecular weight is 200 g/mol. The van der Waals surface area contributed by atoms with Crippen molar-refractivity contribution in [1.29, 1.82) is 0 Å². The van der Waals surface area contributed by atoms with Crippen LogP contribution in [-0.2, 0) is 0 Å². The van der Waals surface area contributed by atoms with E-state index in [1.54, 1.807) is 0 Å². The molecule has 1 heterocycles. The highest BCUT2D eigenvalue weighted by Gasteiger charge is 2.25. The third-order valence-corrected chi connectivity index (χ3v) is 2.94. The van der Waals surface area contributed by atoms with Crippen molar-refractivity contribution in [2.24, 2.45) is 5.92 Å². The second kappa shape index (κ2) is 5.69. The smallest absolute Gasteiger partial charge is 0.0599 e. The second-order valence-electron chi connectivity index (χ2n) is 4.77. The number of hydrogen-bond acceptors (Lipinski definition) is 3. The molecule has 1 saturated heterocycles. The second-order valence-corrected chi connectivity index (χ2v) is 4.77. The predicted molar refractivity (Wildman–Crippen MR) is 59.4 cm³/mol. The molecular formula is C11H24N2O. The van der Waals surface area contributed by atoms with Crippen molar-refractivity contribution in [1.82, 2.24) is 10.2 Å². The first-order chi connectivity index (χ1) is 6.65. The first kappa shape index (κ1) is 12.0. The summed E-state index contributed by atoms with van der Waals surface area (Å²) in [6.07, 6.45) is 1.18. The molecular weight excluding hydrogens is 176 g/mol. The highest BCUT2D eigenvalue weighted by molar-refractivity contribution is 4.82. The molecule has 1 aliphatic heterocycles. The van der Waals surface area contributed by atoms with Gasteiger partial charge in [-0.3, -0.25) is 4.90 Å². The molecule has 2 atom stereocenters. The van der Waals surface area contributed by atoms with Gasteiger partial charge in [-0.15, -0.1) is 0 Å². The fraction of sp³-hybridized carbons (Fsp3) is 1.00. The van der Waals surface area contributed by atoms with E-state index in [9.17, 15) is 5.11 Å². The molecule has 0 aromatic heterocycles. The fourth-order valence-corrected chi connectivity index (χ4v) is 2.14. The molecule has 3 nitrogen and oxygen atoms in total. The van der Waals surface area contributed by atoms with Crippen LogP contribution < -0.4 is 5.32 Å². The van der Waals surface area contributed by atoms with Gasteiger partial charge in [0.15, 0.2) is 0 Å². The number of nitrogens with zero attached hydrogens (tertiary/aromatic N) is 1. The Morgan fingerprint density at radius 2 is 2.21 bits per heavy atom. The lowest BCUT2D eigenvalue weighted by molar-refractivity contribution is 0.0871. The highest BCUT2D eigenvalue weighted by Crippen LogP contribution is 2.13. The minimum Gasteiger partial charge on any atom is -0.395 e. The highest BCUT2D eigenvalue weighted by atomic mass is 16.3. The lowest BCUT2D eigenvalue weighted by Crippen LogP contribution is -2.47. The van der Waals surface area contributed by atoms with E-state index < -0.39 is 0 Å². The van der Waals surface area contributed by atoms with Crippen LogP contribution in [0.3, 0.4) is 0 Å². The van der Waals surface area contributed by atoms with Gasteiger partial charge in [-0.05, 0) is 25.8 Å². The summed E-state index contributed by atoms with van der Waals surface area (Å²) in [6.45, 7) is 10.1. The summed E-state index contributed by atoms with van der Waals surface area (Å²) >= 11 is 0. The zero-order valence-corrected chi connectivity index (χ0v) is 9.66. The Balaban J connectivity index is 2.59. The Bertz CT molecular complexity index is 161. The van der Waals surface area contributed by atoms with Crippen molar-refractivity contribution >= 4 is 0 Å². The van der Waals surface area contributed by atoms with Crippen LogP contribution in [0.2, 0.25) is 0 Å². The maximum Gasteiger partial charge on any atom is 0.0599 e. The normalized spacial score (nSPS) is 30.6. The van der Waals surface area contributed by atoms with E-state index in [2.05, 4.69) is 31.0 Å². The molecule has 0 amide bonds. The van der Waals surface area contributed by atoms with E-state index in [1.807, 2.05) is 0 Å². The minimum atomic E-state index is 0.268. The van der Waals surface area contributed by atoms with Gasteiger partial charge in [-0.25, -0.2) is 0 Å². The number of nitrogens with one attached hydrogen (secondary N) is 1. The minimum absolute atomic E-state index is 0.268. The first-order valence-corrected chi connectivity index (χ1v) is 5.72. The molecule has 1 fully saturated rings. The van der Waals surface area contributed by atoms with E-state index in [-0.39, 0.29) is 6.61 Å². The van der Waals surface area contributed by atoms with E-state index >= 15 is 0 Å². The van der Waals surface area contributed by atoms with Crippen LogP contribution in [0.1, 0.15) is 27.2 Å². The maximum absolute atomic E-state index is 9.34. The summed E-state index contributed by atoms with van der Waals surface area (Å²) in [5.41, 5.74) is 0. The summed E-state index contributed by atoms with van der Waals surface area (Å²) in [4.78, 5) is 2.45. The number of aliphatic hydroxyl groups excluding tert-OH is 1. The van der Waals surface area contributed by atoms with Gasteiger partial charge in [0.25, 0.3) is 0 Å². The molecule has 0 aromatic carbocycles. The van der Waals surface area contributed by atoms with Crippen molar-refractivity contribution < 1.29 is 5.11 Å². The SMILES string of the molecule is CC(C)CN1C(C)CCNCC1CO. The third-order valence-electron chi connectivity index (χ3n) is 2.94. The standard InChI is InChI=1S/C11H24N2O/c1-9(2)7-13-10(3)4-5-12-6-11(13)8-14/h9-12,14H,4-8H2,1-3H3. The topological polar surface area (TPSA) is 35.5 Å². The van der Waals surface area contributed by atoms with Crippen molar-refractivity contribution in [2.45, 2.75) is 39.3 Å². The molecule has 84 valence electrons. The van der Waals surface area contributed by atoms with Crippen molar-refractivity contribution in [2.75, 3.05) is 26.2 Å². The Labute approximate surface area is 87.5 Å². The van der Waals surface area contributed by atoms with Crippen LogP contribution in [0.15, 0.2) is 0 Å². The van der Waals surface area contributed by atoms with Crippen LogP contribution in [0, 0.1) is 5.92 Å². The van der Waals surface area contributed by atoms with Gasteiger partial charge in [0.1, 0.15) is 0 Å². The van der Waals surface area contributed by atoms with Gasteiger partial charge >= 0.3 is 0 Å². The molecule has 0 radical (unpaired) electrons. The van der Waals surface area contributed by atoms with Crippen molar-refractivity contribution in [3.63, 3.8) is 0 Å². The van der Waals surface area contributed by atoms with Crippen LogP contribution in [-0.4, -0.2) is 48.3 Å². The van der Waals surface area contributed by atoms with Crippen LogP contribution in [0.25, 0.3) is 0 Å². The Hall–Kier alpha value is -0.120. The molecule has 0 saturated carbocycles. The Morgan fingerprint density at radius 1 is 1.50 bits per heavy atom. The van der Waals surface area contributed by atoms with Gasteiger partial charge in [-0.1, -0.05) is 13.8 Å². The fourth-order valence-electron chi connectivity index (χ4n) is 2.14. The van der Waals surface area contributed by atoms with Crippen LogP contribution >= 0.6 is 0 Å². The van der Waals surface area contributed by atoms with E-state index in [4.69, 9.17) is 0 Å². The predicted octanol–water partition coefficient (Wildman–Crippen LogP) is 0.687. The third kappa shape index (κ3) is 3.23. The molecule has 14 heavy (non-hydrogen) atoms. The summed E-state index contributed by atoms with van der Waals surface area (Å²) in [5, 5.41) is 12.7. The summed E-state index contributed by atoms with van der Waals surface area (Å²) in [6, 6.07) is 0.888. The Morgan fingerprint density at radius 3 is 2.79 bits per heavy atom. The summed E-state index contributed by atoms with van der Waals surface area (Å²) in [7, 11) is 0.